The molecule has 0 fully saturated rings. The van der Waals surface area contributed by atoms with Gasteiger partial charge in [0, 0.05) is 18.4 Å². The maximum Gasteiger partial charge on any atom is 0.352 e. The zero-order valence-corrected chi connectivity index (χ0v) is 15.8. The Balaban J connectivity index is 2.07. The fraction of sp³-hybridized carbons (Fsp3) is 0.368. The molecule has 2 aliphatic heterocycles. The molecular weight excluding hydrogens is 352 g/mol. The molecule has 6 nitrogen and oxygen atoms in total. The average Bonchev–Trinajstić information content (AvgIpc) is 2.57. The summed E-state index contributed by atoms with van der Waals surface area (Å²) in [4.78, 5) is 33.7. The molecule has 3 rings (SSSR count). The molecule has 0 bridgehead atoms. The Morgan fingerprint density at radius 3 is 2.58 bits per heavy atom. The first-order valence-electron chi connectivity index (χ1n) is 8.59. The number of pyridine rings is 2. The lowest BCUT2D eigenvalue weighted by Gasteiger charge is -2.19. The van der Waals surface area contributed by atoms with E-state index in [9.17, 15) is 9.59 Å². The fourth-order valence-corrected chi connectivity index (χ4v) is 3.31. The Morgan fingerprint density at radius 2 is 1.92 bits per heavy atom. The van der Waals surface area contributed by atoms with Gasteiger partial charge in [0.15, 0.2) is 5.82 Å². The summed E-state index contributed by atoms with van der Waals surface area (Å²) in [5, 5.41) is 0.415. The fourth-order valence-electron chi connectivity index (χ4n) is 3.20. The highest BCUT2D eigenvalue weighted by atomic mass is 35.5. The van der Waals surface area contributed by atoms with Gasteiger partial charge in [-0.1, -0.05) is 31.5 Å². The highest BCUT2D eigenvalue weighted by molar-refractivity contribution is 6.29. The van der Waals surface area contributed by atoms with Gasteiger partial charge in [0.25, 0.3) is 5.56 Å². The number of hydrogen-bond donors (Lipinski definition) is 0. The van der Waals surface area contributed by atoms with Crippen LogP contribution in [0.2, 0.25) is 5.15 Å². The molecule has 0 radical (unpaired) electrons. The molecule has 2 aliphatic rings. The standard InChI is InChI=1S/C19H21ClN4O2/c1-12(2)9-13(3)24-18(25)15-5-4-8-23(17(15)22-19(24)26)11-14-6-7-16(20)21-10-14/h4-8,10,12-13H,9,11H2,1-3H3. The maximum absolute atomic E-state index is 12.9. The summed E-state index contributed by atoms with van der Waals surface area (Å²) >= 11 is 5.82. The first-order chi connectivity index (χ1) is 12.4. The topological polar surface area (TPSA) is 69.8 Å². The lowest BCUT2D eigenvalue weighted by Crippen LogP contribution is -2.40. The second-order valence-corrected chi connectivity index (χ2v) is 7.30. The van der Waals surface area contributed by atoms with Crippen LogP contribution in [-0.2, 0) is 6.54 Å². The molecule has 0 aromatic carbocycles. The Hall–Kier alpha value is -2.47. The molecule has 1 aromatic heterocycles. The number of hydrogen-bond acceptors (Lipinski definition) is 4. The summed E-state index contributed by atoms with van der Waals surface area (Å²) in [5.41, 5.74) is 0.532. The van der Waals surface area contributed by atoms with Crippen LogP contribution < -0.4 is 11.2 Å². The number of halogens is 1. The van der Waals surface area contributed by atoms with Crippen LogP contribution >= 0.6 is 11.6 Å². The van der Waals surface area contributed by atoms with Crippen LogP contribution in [0.5, 0.6) is 0 Å². The Labute approximate surface area is 156 Å². The van der Waals surface area contributed by atoms with Crippen molar-refractivity contribution in [3.05, 3.63) is 68.2 Å². The van der Waals surface area contributed by atoms with Gasteiger partial charge in [-0.15, -0.1) is 0 Å². The second kappa shape index (κ2) is 7.41. The monoisotopic (exact) mass is 372 g/mol. The van der Waals surface area contributed by atoms with Crippen molar-refractivity contribution >= 4 is 11.6 Å². The highest BCUT2D eigenvalue weighted by Gasteiger charge is 2.20. The smallest absolute Gasteiger partial charge is 0.328 e. The predicted octanol–water partition coefficient (Wildman–Crippen LogP) is 3.21. The van der Waals surface area contributed by atoms with E-state index in [1.807, 2.05) is 13.0 Å². The highest BCUT2D eigenvalue weighted by Crippen LogP contribution is 2.18. The van der Waals surface area contributed by atoms with Crippen LogP contribution in [0.25, 0.3) is 11.4 Å². The quantitative estimate of drug-likeness (QED) is 0.645. The van der Waals surface area contributed by atoms with Crippen LogP contribution in [0.4, 0.5) is 0 Å². The lowest BCUT2D eigenvalue weighted by atomic mass is 10.0. The van der Waals surface area contributed by atoms with Gasteiger partial charge in [0.05, 0.1) is 12.1 Å². The third kappa shape index (κ3) is 3.70. The van der Waals surface area contributed by atoms with E-state index in [2.05, 4.69) is 23.8 Å². The van der Waals surface area contributed by atoms with Crippen LogP contribution in [-0.4, -0.2) is 19.1 Å². The minimum absolute atomic E-state index is 0.193. The van der Waals surface area contributed by atoms with E-state index >= 15 is 0 Å². The molecule has 1 unspecified atom stereocenters. The van der Waals surface area contributed by atoms with Crippen molar-refractivity contribution in [3.8, 4) is 11.4 Å². The number of rotatable bonds is 5. The van der Waals surface area contributed by atoms with E-state index in [1.54, 1.807) is 35.2 Å². The molecule has 3 heterocycles. The Kier molecular flexibility index (Phi) is 5.23. The van der Waals surface area contributed by atoms with Crippen LogP contribution in [0.15, 0.2) is 46.2 Å². The van der Waals surface area contributed by atoms with E-state index in [-0.39, 0.29) is 11.6 Å². The number of nitrogens with zero attached hydrogens (tertiary/aromatic N) is 4. The average molecular weight is 373 g/mol. The van der Waals surface area contributed by atoms with Crippen molar-refractivity contribution in [3.63, 3.8) is 0 Å². The molecule has 0 saturated heterocycles. The summed E-state index contributed by atoms with van der Waals surface area (Å²) in [6.07, 6.45) is 4.20. The first-order valence-corrected chi connectivity index (χ1v) is 8.96. The van der Waals surface area contributed by atoms with Gasteiger partial charge in [-0.2, -0.15) is 4.98 Å². The second-order valence-electron chi connectivity index (χ2n) is 6.91. The van der Waals surface area contributed by atoms with Gasteiger partial charge in [-0.05, 0) is 43.0 Å². The Morgan fingerprint density at radius 1 is 1.15 bits per heavy atom. The van der Waals surface area contributed by atoms with Gasteiger partial charge < -0.3 is 4.57 Å². The SMILES string of the molecule is CC(C)CC(C)n1c(=O)nc2n(Cc3ccc(Cl)nc3)cccc-2c1=O. The van der Waals surface area contributed by atoms with E-state index in [0.29, 0.717) is 29.0 Å². The summed E-state index contributed by atoms with van der Waals surface area (Å²) in [7, 11) is 0. The van der Waals surface area contributed by atoms with E-state index < -0.39 is 5.69 Å². The van der Waals surface area contributed by atoms with Crippen LogP contribution in [0, 0.1) is 5.92 Å². The molecule has 1 atom stereocenters. The molecule has 26 heavy (non-hydrogen) atoms. The number of fused-ring (bicyclic) bond motifs is 1. The van der Waals surface area contributed by atoms with Crippen molar-refractivity contribution in [2.24, 2.45) is 5.92 Å². The van der Waals surface area contributed by atoms with Crippen molar-refractivity contribution < 1.29 is 0 Å². The van der Waals surface area contributed by atoms with Gasteiger partial charge in [-0.25, -0.2) is 9.78 Å². The van der Waals surface area contributed by atoms with Crippen molar-refractivity contribution in [2.75, 3.05) is 0 Å². The minimum atomic E-state index is -0.509. The molecule has 1 aromatic rings. The summed E-state index contributed by atoms with van der Waals surface area (Å²) in [5.74, 6) is 0.760. The molecule has 0 amide bonds. The van der Waals surface area contributed by atoms with Crippen molar-refractivity contribution in [1.29, 1.82) is 0 Å². The zero-order valence-electron chi connectivity index (χ0n) is 15.0. The van der Waals surface area contributed by atoms with E-state index in [1.165, 1.54) is 4.57 Å². The summed E-state index contributed by atoms with van der Waals surface area (Å²) < 4.78 is 3.04. The predicted molar refractivity (Wildman–Crippen MR) is 102 cm³/mol. The van der Waals surface area contributed by atoms with E-state index in [4.69, 9.17) is 11.6 Å². The first kappa shape index (κ1) is 18.3. The van der Waals surface area contributed by atoms with Gasteiger partial charge in [-0.3, -0.25) is 9.36 Å². The normalized spacial score (nSPS) is 12.7. The lowest BCUT2D eigenvalue weighted by molar-refractivity contribution is 0.405. The zero-order chi connectivity index (χ0) is 18.8. The number of aromatic nitrogens is 4. The van der Waals surface area contributed by atoms with Gasteiger partial charge in [0.2, 0.25) is 0 Å². The Bertz CT molecular complexity index is 992. The minimum Gasteiger partial charge on any atom is -0.328 e. The molecule has 7 heteroatoms. The summed E-state index contributed by atoms with van der Waals surface area (Å²) in [6.45, 7) is 6.45. The van der Waals surface area contributed by atoms with E-state index in [0.717, 1.165) is 12.0 Å². The summed E-state index contributed by atoms with van der Waals surface area (Å²) in [6, 6.07) is 6.86. The molecule has 0 N–H and O–H groups in total. The van der Waals surface area contributed by atoms with Crippen LogP contribution in [0.1, 0.15) is 38.8 Å². The largest absolute Gasteiger partial charge is 0.352 e. The van der Waals surface area contributed by atoms with Crippen molar-refractivity contribution in [1.82, 2.24) is 19.1 Å². The molecule has 0 saturated carbocycles. The third-order valence-electron chi connectivity index (χ3n) is 4.29. The van der Waals surface area contributed by atoms with Gasteiger partial charge >= 0.3 is 5.69 Å². The molecule has 136 valence electrons. The molecular formula is C19H21ClN4O2. The van der Waals surface area contributed by atoms with Crippen LogP contribution in [0.3, 0.4) is 0 Å². The maximum atomic E-state index is 12.9. The van der Waals surface area contributed by atoms with Crippen molar-refractivity contribution in [2.45, 2.75) is 39.8 Å². The molecule has 0 aliphatic carbocycles. The third-order valence-corrected chi connectivity index (χ3v) is 4.52. The van der Waals surface area contributed by atoms with Gasteiger partial charge in [0.1, 0.15) is 5.15 Å². The molecule has 0 spiro atoms.